The molecule has 0 aliphatic carbocycles. The Kier molecular flexibility index (Phi) is 8.19. The molecule has 152 valence electrons. The highest BCUT2D eigenvalue weighted by atomic mass is 32.2. The number of thioether (sulfide) groups is 1. The van der Waals surface area contributed by atoms with Gasteiger partial charge in [-0.2, -0.15) is 0 Å². The number of hydrogen-bond donors (Lipinski definition) is 1. The third-order valence-corrected chi connectivity index (χ3v) is 5.29. The predicted molar refractivity (Wildman–Crippen MR) is 111 cm³/mol. The maximum absolute atomic E-state index is 12.9. The summed E-state index contributed by atoms with van der Waals surface area (Å²) < 4.78 is 6.67. The molecule has 0 fully saturated rings. The van der Waals surface area contributed by atoms with E-state index in [1.54, 1.807) is 29.9 Å². The summed E-state index contributed by atoms with van der Waals surface area (Å²) in [6, 6.07) is 6.65. The summed E-state index contributed by atoms with van der Waals surface area (Å²) in [6.45, 7) is 6.22. The zero-order valence-corrected chi connectivity index (χ0v) is 17.5. The fraction of sp³-hybridized carbons (Fsp3) is 0.500. The van der Waals surface area contributed by atoms with Crippen LogP contribution in [0.15, 0.2) is 34.2 Å². The van der Waals surface area contributed by atoms with Crippen molar-refractivity contribution in [2.45, 2.75) is 44.9 Å². The van der Waals surface area contributed by atoms with Gasteiger partial charge in [0.25, 0.3) is 5.56 Å². The molecule has 0 aliphatic rings. The van der Waals surface area contributed by atoms with Crippen molar-refractivity contribution in [2.75, 3.05) is 19.5 Å². The molecule has 1 unspecified atom stereocenters. The topological polar surface area (TPSA) is 90.3 Å². The molecule has 2 rings (SSSR count). The smallest absolute Gasteiger partial charge is 0.262 e. The molecule has 0 radical (unpaired) electrons. The van der Waals surface area contributed by atoms with E-state index in [4.69, 9.17) is 4.74 Å². The lowest BCUT2D eigenvalue weighted by Crippen LogP contribution is -2.44. The number of methoxy groups -OCH3 is 1. The molecular weight excluding hydrogens is 378 g/mol. The van der Waals surface area contributed by atoms with Gasteiger partial charge in [-0.05, 0) is 31.4 Å². The van der Waals surface area contributed by atoms with Gasteiger partial charge >= 0.3 is 0 Å². The van der Waals surface area contributed by atoms with Crippen LogP contribution in [-0.4, -0.2) is 46.8 Å². The third kappa shape index (κ3) is 5.65. The number of Topliss-reactive ketones (excluding diaryl/α,β-unsaturated/α-hetero) is 1. The maximum Gasteiger partial charge on any atom is 0.262 e. The maximum atomic E-state index is 12.9. The molecule has 1 atom stereocenters. The van der Waals surface area contributed by atoms with Crippen LogP contribution in [-0.2, 0) is 20.9 Å². The first-order valence-electron chi connectivity index (χ1n) is 9.26. The molecule has 1 N–H and O–H groups in total. The van der Waals surface area contributed by atoms with Crippen molar-refractivity contribution in [3.05, 3.63) is 34.6 Å². The summed E-state index contributed by atoms with van der Waals surface area (Å²) in [5.41, 5.74) is 0.468. The molecule has 8 heteroatoms. The van der Waals surface area contributed by atoms with E-state index < -0.39 is 6.04 Å². The van der Waals surface area contributed by atoms with Gasteiger partial charge in [0.2, 0.25) is 5.91 Å². The molecule has 1 aromatic heterocycles. The van der Waals surface area contributed by atoms with Crippen LogP contribution in [0.25, 0.3) is 10.9 Å². The Hall–Kier alpha value is -2.19. The first-order chi connectivity index (χ1) is 13.3. The molecule has 0 saturated carbocycles. The van der Waals surface area contributed by atoms with Gasteiger partial charge in [-0.15, -0.1) is 0 Å². The minimum Gasteiger partial charge on any atom is -0.385 e. The van der Waals surface area contributed by atoms with Gasteiger partial charge in [0.1, 0.15) is 0 Å². The summed E-state index contributed by atoms with van der Waals surface area (Å²) in [6.07, 6.45) is 0.663. The van der Waals surface area contributed by atoms with Crippen molar-refractivity contribution in [1.82, 2.24) is 14.9 Å². The number of hydrogen-bond acceptors (Lipinski definition) is 6. The van der Waals surface area contributed by atoms with Gasteiger partial charge < -0.3 is 10.1 Å². The number of rotatable bonds is 10. The van der Waals surface area contributed by atoms with Crippen molar-refractivity contribution in [3.8, 4) is 0 Å². The average Bonchev–Trinajstić information content (AvgIpc) is 2.66. The number of fused-ring (bicyclic) bond motifs is 1. The lowest BCUT2D eigenvalue weighted by molar-refractivity contribution is -0.126. The monoisotopic (exact) mass is 405 g/mol. The first kappa shape index (κ1) is 22.1. The van der Waals surface area contributed by atoms with Crippen LogP contribution >= 0.6 is 11.8 Å². The van der Waals surface area contributed by atoms with Crippen LogP contribution in [0.3, 0.4) is 0 Å². The normalized spacial score (nSPS) is 12.3. The van der Waals surface area contributed by atoms with Crippen LogP contribution in [0, 0.1) is 5.92 Å². The van der Waals surface area contributed by atoms with E-state index in [0.29, 0.717) is 35.6 Å². The van der Waals surface area contributed by atoms with Gasteiger partial charge in [0, 0.05) is 20.3 Å². The van der Waals surface area contributed by atoms with Crippen LogP contribution < -0.4 is 10.9 Å². The SMILES string of the molecule is COCCCn1c(SCC(=O)NC(C(C)=O)C(C)C)nc2ccccc2c1=O. The lowest BCUT2D eigenvalue weighted by Gasteiger charge is -2.19. The summed E-state index contributed by atoms with van der Waals surface area (Å²) in [7, 11) is 1.61. The van der Waals surface area contributed by atoms with E-state index in [0.717, 1.165) is 0 Å². The van der Waals surface area contributed by atoms with Crippen LogP contribution in [0.5, 0.6) is 0 Å². The zero-order valence-electron chi connectivity index (χ0n) is 16.7. The Bertz CT molecular complexity index is 895. The minimum atomic E-state index is -0.512. The molecule has 0 spiro atoms. The van der Waals surface area contributed by atoms with Crippen molar-refractivity contribution in [1.29, 1.82) is 0 Å². The van der Waals surface area contributed by atoms with Gasteiger partial charge in [-0.1, -0.05) is 37.7 Å². The quantitative estimate of drug-likeness (QED) is 0.370. The molecule has 1 amide bonds. The first-order valence-corrected chi connectivity index (χ1v) is 10.2. The summed E-state index contributed by atoms with van der Waals surface area (Å²) >= 11 is 1.20. The number of nitrogens with zero attached hydrogens (tertiary/aromatic N) is 2. The number of para-hydroxylation sites is 1. The number of carbonyl (C=O) groups is 2. The molecule has 1 heterocycles. The lowest BCUT2D eigenvalue weighted by atomic mass is 10.0. The Labute approximate surface area is 168 Å². The molecule has 7 nitrogen and oxygen atoms in total. The highest BCUT2D eigenvalue weighted by Gasteiger charge is 2.21. The van der Waals surface area contributed by atoms with Gasteiger partial charge in [-0.25, -0.2) is 4.98 Å². The number of amides is 1. The second kappa shape index (κ2) is 10.4. The fourth-order valence-electron chi connectivity index (χ4n) is 2.90. The molecular formula is C20H27N3O4S. The molecule has 2 aromatic rings. The van der Waals surface area contributed by atoms with E-state index in [-0.39, 0.29) is 28.9 Å². The Morgan fingerprint density at radius 1 is 1.29 bits per heavy atom. The van der Waals surface area contributed by atoms with Crippen LogP contribution in [0.2, 0.25) is 0 Å². The minimum absolute atomic E-state index is 0.0115. The Morgan fingerprint density at radius 2 is 2.00 bits per heavy atom. The zero-order chi connectivity index (χ0) is 20.7. The standard InChI is InChI=1S/C20H27N3O4S/c1-13(2)18(14(3)24)22-17(25)12-28-20-21-16-9-6-5-8-15(16)19(26)23(20)10-7-11-27-4/h5-6,8-9,13,18H,7,10-12H2,1-4H3,(H,22,25). The summed E-state index contributed by atoms with van der Waals surface area (Å²) in [4.78, 5) is 41.5. The van der Waals surface area contributed by atoms with Gasteiger partial charge in [-0.3, -0.25) is 19.0 Å². The fourth-order valence-corrected chi connectivity index (χ4v) is 3.74. The largest absolute Gasteiger partial charge is 0.385 e. The van der Waals surface area contributed by atoms with Crippen molar-refractivity contribution < 1.29 is 14.3 Å². The van der Waals surface area contributed by atoms with E-state index in [9.17, 15) is 14.4 Å². The molecule has 1 aromatic carbocycles. The molecule has 28 heavy (non-hydrogen) atoms. The highest BCUT2D eigenvalue weighted by Crippen LogP contribution is 2.18. The predicted octanol–water partition coefficient (Wildman–Crippen LogP) is 2.25. The van der Waals surface area contributed by atoms with E-state index >= 15 is 0 Å². The Morgan fingerprint density at radius 3 is 2.64 bits per heavy atom. The number of carbonyl (C=O) groups excluding carboxylic acids is 2. The number of ketones is 1. The Balaban J connectivity index is 2.22. The van der Waals surface area contributed by atoms with Crippen LogP contribution in [0.4, 0.5) is 0 Å². The van der Waals surface area contributed by atoms with Crippen molar-refractivity contribution in [3.63, 3.8) is 0 Å². The van der Waals surface area contributed by atoms with Crippen molar-refractivity contribution >= 4 is 34.4 Å². The highest BCUT2D eigenvalue weighted by molar-refractivity contribution is 7.99. The number of ether oxygens (including phenoxy) is 1. The second-order valence-corrected chi connectivity index (χ2v) is 7.85. The second-order valence-electron chi connectivity index (χ2n) is 6.90. The number of aromatic nitrogens is 2. The molecule has 0 saturated heterocycles. The summed E-state index contributed by atoms with van der Waals surface area (Å²) in [5.74, 6) is -0.248. The van der Waals surface area contributed by atoms with E-state index in [1.165, 1.54) is 18.7 Å². The number of nitrogens with one attached hydrogen (secondary N) is 1. The molecule has 0 bridgehead atoms. The van der Waals surface area contributed by atoms with Gasteiger partial charge in [0.05, 0.1) is 22.7 Å². The third-order valence-electron chi connectivity index (χ3n) is 4.31. The number of benzene rings is 1. The van der Waals surface area contributed by atoms with Crippen LogP contribution in [0.1, 0.15) is 27.2 Å². The average molecular weight is 406 g/mol. The van der Waals surface area contributed by atoms with Gasteiger partial charge in [0.15, 0.2) is 10.9 Å². The van der Waals surface area contributed by atoms with Crippen molar-refractivity contribution in [2.24, 2.45) is 5.92 Å². The van der Waals surface area contributed by atoms with E-state index in [2.05, 4.69) is 10.3 Å². The molecule has 0 aliphatic heterocycles. The van der Waals surface area contributed by atoms with E-state index in [1.807, 2.05) is 19.9 Å². The summed E-state index contributed by atoms with van der Waals surface area (Å²) in [5, 5.41) is 3.80.